The predicted molar refractivity (Wildman–Crippen MR) is 131 cm³/mol. The minimum atomic E-state index is 0. The van der Waals surface area contributed by atoms with Crippen LogP contribution in [0.4, 0.5) is 5.69 Å². The molecule has 5 nitrogen and oxygen atoms in total. The number of thioether (sulfide) groups is 1. The molecule has 28 heavy (non-hydrogen) atoms. The van der Waals surface area contributed by atoms with Crippen molar-refractivity contribution in [3.8, 4) is 0 Å². The van der Waals surface area contributed by atoms with Crippen LogP contribution in [-0.4, -0.2) is 42.5 Å². The second-order valence-corrected chi connectivity index (χ2v) is 8.51. The number of nitrogens with zero attached hydrogens (tertiary/aromatic N) is 2. The quantitative estimate of drug-likeness (QED) is 0.339. The molecule has 2 N–H and O–H groups in total. The van der Waals surface area contributed by atoms with Crippen LogP contribution in [0.1, 0.15) is 51.0 Å². The zero-order chi connectivity index (χ0) is 19.1. The lowest BCUT2D eigenvalue weighted by atomic mass is 10.1. The molecule has 2 atom stereocenters. The molecule has 2 aliphatic rings. The molecule has 7 heteroatoms. The minimum Gasteiger partial charge on any atom is -0.357 e. The van der Waals surface area contributed by atoms with Crippen molar-refractivity contribution in [2.24, 2.45) is 4.99 Å². The van der Waals surface area contributed by atoms with Crippen LogP contribution in [0, 0.1) is 0 Å². The van der Waals surface area contributed by atoms with Crippen LogP contribution in [0.25, 0.3) is 0 Å². The number of hydrogen-bond acceptors (Lipinski definition) is 3. The molecule has 1 aromatic carbocycles. The van der Waals surface area contributed by atoms with Crippen LogP contribution >= 0.6 is 35.7 Å². The maximum absolute atomic E-state index is 12.1. The largest absolute Gasteiger partial charge is 0.357 e. The number of nitrogens with one attached hydrogen (secondary N) is 2. The normalized spacial score (nSPS) is 22.7. The maximum atomic E-state index is 12.1. The summed E-state index contributed by atoms with van der Waals surface area (Å²) in [6, 6.07) is 8.80. The molecule has 1 aliphatic heterocycles. The van der Waals surface area contributed by atoms with Gasteiger partial charge in [-0.2, -0.15) is 11.8 Å². The number of amides is 1. The highest BCUT2D eigenvalue weighted by molar-refractivity contribution is 14.0. The molecule has 0 radical (unpaired) electrons. The molecule has 3 rings (SSSR count). The van der Waals surface area contributed by atoms with Crippen LogP contribution in [0.15, 0.2) is 29.3 Å². The molecule has 1 aromatic rings. The molecule has 1 saturated carbocycles. The predicted octanol–water partition coefficient (Wildman–Crippen LogP) is 4.16. The topological polar surface area (TPSA) is 56.7 Å². The number of guanidine groups is 1. The van der Waals surface area contributed by atoms with E-state index in [9.17, 15) is 4.79 Å². The zero-order valence-electron chi connectivity index (χ0n) is 16.9. The number of carbonyl (C=O) groups excluding carboxylic acids is 1. The average Bonchev–Trinajstić information content (AvgIpc) is 3.15. The van der Waals surface area contributed by atoms with Gasteiger partial charge in [-0.05, 0) is 63.0 Å². The van der Waals surface area contributed by atoms with Gasteiger partial charge >= 0.3 is 0 Å². The van der Waals surface area contributed by atoms with E-state index in [1.54, 1.807) is 0 Å². The third-order valence-corrected chi connectivity index (χ3v) is 6.49. The van der Waals surface area contributed by atoms with E-state index in [4.69, 9.17) is 4.99 Å². The van der Waals surface area contributed by atoms with Gasteiger partial charge in [0, 0.05) is 36.5 Å². The number of aliphatic imine (C=N–C) groups is 1. The van der Waals surface area contributed by atoms with E-state index < -0.39 is 0 Å². The summed E-state index contributed by atoms with van der Waals surface area (Å²) in [4.78, 5) is 18.7. The zero-order valence-corrected chi connectivity index (χ0v) is 20.1. The highest BCUT2D eigenvalue weighted by Gasteiger charge is 2.24. The van der Waals surface area contributed by atoms with E-state index in [0.717, 1.165) is 48.4 Å². The van der Waals surface area contributed by atoms with E-state index in [1.807, 2.05) is 16.7 Å². The maximum Gasteiger partial charge on any atom is 0.226 e. The van der Waals surface area contributed by atoms with Gasteiger partial charge in [-0.1, -0.05) is 12.1 Å². The molecule has 1 saturated heterocycles. The molecule has 0 aromatic heterocycles. The Balaban J connectivity index is 0.00000280. The Morgan fingerprint density at radius 3 is 2.68 bits per heavy atom. The van der Waals surface area contributed by atoms with Crippen molar-refractivity contribution in [2.75, 3.05) is 24.2 Å². The van der Waals surface area contributed by atoms with Crippen LogP contribution in [0.2, 0.25) is 0 Å². The van der Waals surface area contributed by atoms with Crippen LogP contribution in [0.5, 0.6) is 0 Å². The third-order valence-electron chi connectivity index (χ3n) is 5.39. The minimum absolute atomic E-state index is 0. The Bertz CT molecular complexity index is 652. The second-order valence-electron chi connectivity index (χ2n) is 7.38. The summed E-state index contributed by atoms with van der Waals surface area (Å²) in [5, 5.41) is 7.73. The van der Waals surface area contributed by atoms with E-state index in [1.165, 1.54) is 19.3 Å². The van der Waals surface area contributed by atoms with Gasteiger partial charge in [0.05, 0.1) is 6.54 Å². The monoisotopic (exact) mass is 516 g/mol. The summed E-state index contributed by atoms with van der Waals surface area (Å²) in [5.41, 5.74) is 2.17. The molecule has 2 fully saturated rings. The van der Waals surface area contributed by atoms with E-state index in [0.29, 0.717) is 19.0 Å². The lowest BCUT2D eigenvalue weighted by molar-refractivity contribution is -0.119. The summed E-state index contributed by atoms with van der Waals surface area (Å²) in [6.45, 7) is 4.44. The number of anilines is 1. The standard InChI is InChI=1S/C21H32N4OS.HI/c1-3-22-21(24-17-9-12-19(14-17)27-2)23-15-16-7-10-18(11-8-16)25-13-5-4-6-20(25)26;/h7-8,10-11,17,19H,3-6,9,12-15H2,1-2H3,(H2,22,23,24);1H. The Morgan fingerprint density at radius 1 is 1.25 bits per heavy atom. The highest BCUT2D eigenvalue weighted by atomic mass is 127. The highest BCUT2D eigenvalue weighted by Crippen LogP contribution is 2.28. The fraction of sp³-hybridized carbons (Fsp3) is 0.619. The van der Waals surface area contributed by atoms with Crippen molar-refractivity contribution in [3.63, 3.8) is 0 Å². The number of rotatable bonds is 6. The molecule has 0 spiro atoms. The summed E-state index contributed by atoms with van der Waals surface area (Å²) in [5.74, 6) is 1.14. The van der Waals surface area contributed by atoms with Gasteiger partial charge in [0.25, 0.3) is 0 Å². The lowest BCUT2D eigenvalue weighted by Gasteiger charge is -2.26. The van der Waals surface area contributed by atoms with Gasteiger partial charge in [0.1, 0.15) is 0 Å². The second kappa shape index (κ2) is 11.9. The lowest BCUT2D eigenvalue weighted by Crippen LogP contribution is -2.42. The molecular formula is C21H33IN4OS. The average molecular weight is 516 g/mol. The van der Waals surface area contributed by atoms with Gasteiger partial charge < -0.3 is 15.5 Å². The molecule has 1 amide bonds. The third kappa shape index (κ3) is 6.54. The van der Waals surface area contributed by atoms with Crippen molar-refractivity contribution in [1.29, 1.82) is 0 Å². The number of carbonyl (C=O) groups is 1. The number of halogens is 1. The van der Waals surface area contributed by atoms with E-state index in [-0.39, 0.29) is 29.9 Å². The molecule has 2 unspecified atom stereocenters. The van der Waals surface area contributed by atoms with Crippen molar-refractivity contribution in [3.05, 3.63) is 29.8 Å². The Kier molecular flexibility index (Phi) is 9.91. The molecule has 156 valence electrons. The Morgan fingerprint density at radius 2 is 2.04 bits per heavy atom. The molecule has 1 aliphatic carbocycles. The fourth-order valence-electron chi connectivity index (χ4n) is 3.83. The molecular weight excluding hydrogens is 483 g/mol. The summed E-state index contributed by atoms with van der Waals surface area (Å²) < 4.78 is 0. The van der Waals surface area contributed by atoms with Crippen LogP contribution in [-0.2, 0) is 11.3 Å². The summed E-state index contributed by atoms with van der Waals surface area (Å²) in [7, 11) is 0. The fourth-order valence-corrected chi connectivity index (χ4v) is 4.63. The van der Waals surface area contributed by atoms with Crippen molar-refractivity contribution in [1.82, 2.24) is 10.6 Å². The van der Waals surface area contributed by atoms with Crippen molar-refractivity contribution < 1.29 is 4.79 Å². The summed E-state index contributed by atoms with van der Waals surface area (Å²) >= 11 is 1.97. The van der Waals surface area contributed by atoms with Crippen LogP contribution < -0.4 is 15.5 Å². The van der Waals surface area contributed by atoms with E-state index >= 15 is 0 Å². The smallest absolute Gasteiger partial charge is 0.226 e. The molecule has 0 bridgehead atoms. The van der Waals surface area contributed by atoms with Crippen molar-refractivity contribution in [2.45, 2.75) is 63.3 Å². The molecule has 1 heterocycles. The first-order chi connectivity index (χ1) is 13.2. The first kappa shape index (κ1) is 23.3. The SMILES string of the molecule is CCNC(=NCc1ccc(N2CCCCC2=O)cc1)NC1CCC(SC)C1.I. The van der Waals surface area contributed by atoms with Crippen molar-refractivity contribution >= 4 is 53.3 Å². The van der Waals surface area contributed by atoms with E-state index in [2.05, 4.69) is 48.1 Å². The van der Waals surface area contributed by atoms with Crippen LogP contribution in [0.3, 0.4) is 0 Å². The first-order valence-electron chi connectivity index (χ1n) is 10.2. The number of piperidine rings is 1. The first-order valence-corrected chi connectivity index (χ1v) is 11.5. The Hall–Kier alpha value is -0.960. The number of hydrogen-bond donors (Lipinski definition) is 2. The van der Waals surface area contributed by atoms with Gasteiger partial charge in [0.2, 0.25) is 5.91 Å². The number of benzene rings is 1. The Labute approximate surface area is 190 Å². The van der Waals surface area contributed by atoms with Gasteiger partial charge in [-0.25, -0.2) is 4.99 Å². The van der Waals surface area contributed by atoms with Gasteiger partial charge in [0.15, 0.2) is 5.96 Å². The summed E-state index contributed by atoms with van der Waals surface area (Å²) in [6.07, 6.45) is 8.69. The van der Waals surface area contributed by atoms with Gasteiger partial charge in [-0.15, -0.1) is 24.0 Å². The van der Waals surface area contributed by atoms with Gasteiger partial charge in [-0.3, -0.25) is 4.79 Å².